The van der Waals surface area contributed by atoms with Crippen LogP contribution in [0.25, 0.3) is 0 Å². The molecule has 6 heteroatoms. The first kappa shape index (κ1) is 16.7. The van der Waals surface area contributed by atoms with E-state index in [0.29, 0.717) is 11.6 Å². The summed E-state index contributed by atoms with van der Waals surface area (Å²) in [4.78, 5) is 0. The molecule has 0 bridgehead atoms. The monoisotopic (exact) mass is 311 g/mol. The first-order valence-electron chi connectivity index (χ1n) is 5.96. The molecule has 0 aliphatic heterocycles. The zero-order chi connectivity index (χ0) is 14.5. The first-order valence-corrected chi connectivity index (χ1v) is 7.33. The van der Waals surface area contributed by atoms with Crippen LogP contribution in [0.3, 0.4) is 0 Å². The molecule has 0 radical (unpaired) electrons. The maximum absolute atomic E-state index is 12.2. The molecule has 0 aliphatic carbocycles. The molecule has 1 rings (SSSR count). The van der Waals surface area contributed by atoms with Gasteiger partial charge in [0, 0.05) is 23.4 Å². The molecule has 1 N–H and O–H groups in total. The molecule has 0 aromatic heterocycles. The van der Waals surface area contributed by atoms with E-state index in [0.717, 1.165) is 5.56 Å². The molecule has 1 atom stereocenters. The number of hydrogen-bond acceptors (Lipinski definition) is 2. The molecular weight excluding hydrogens is 295 g/mol. The van der Waals surface area contributed by atoms with E-state index < -0.39 is 5.51 Å². The van der Waals surface area contributed by atoms with Gasteiger partial charge in [0.25, 0.3) is 0 Å². The second-order valence-electron chi connectivity index (χ2n) is 4.61. The van der Waals surface area contributed by atoms with E-state index in [2.05, 4.69) is 5.32 Å². The summed E-state index contributed by atoms with van der Waals surface area (Å²) in [6, 6.07) is 7.09. The second-order valence-corrected chi connectivity index (χ2v) is 6.14. The van der Waals surface area contributed by atoms with Gasteiger partial charge in [-0.05, 0) is 35.4 Å². The van der Waals surface area contributed by atoms with E-state index in [1.807, 2.05) is 26.0 Å². The van der Waals surface area contributed by atoms with Gasteiger partial charge in [0.05, 0.1) is 0 Å². The minimum absolute atomic E-state index is 0.0226. The van der Waals surface area contributed by atoms with Crippen molar-refractivity contribution in [3.63, 3.8) is 0 Å². The fourth-order valence-electron chi connectivity index (χ4n) is 1.52. The van der Waals surface area contributed by atoms with Crippen LogP contribution in [0.15, 0.2) is 24.3 Å². The third-order valence-electron chi connectivity index (χ3n) is 2.71. The van der Waals surface area contributed by atoms with Gasteiger partial charge in [0.1, 0.15) is 0 Å². The lowest BCUT2D eigenvalue weighted by Crippen LogP contribution is -2.36. The number of benzene rings is 1. The molecule has 19 heavy (non-hydrogen) atoms. The van der Waals surface area contributed by atoms with Gasteiger partial charge in [-0.2, -0.15) is 13.2 Å². The molecule has 1 unspecified atom stereocenters. The Balaban J connectivity index is 2.47. The van der Waals surface area contributed by atoms with E-state index in [1.165, 1.54) is 0 Å². The fraction of sp³-hybridized carbons (Fsp3) is 0.538. The summed E-state index contributed by atoms with van der Waals surface area (Å²) in [5, 5.41) is 3.81. The molecule has 0 saturated carbocycles. The number of nitrogens with one attached hydrogen (secondary N) is 1. The van der Waals surface area contributed by atoms with Gasteiger partial charge >= 0.3 is 5.51 Å². The number of alkyl halides is 3. The van der Waals surface area contributed by atoms with Gasteiger partial charge in [-0.25, -0.2) is 0 Å². The third-order valence-corrected chi connectivity index (χ3v) is 3.82. The van der Waals surface area contributed by atoms with Crippen LogP contribution in [0, 0.1) is 5.92 Å². The van der Waals surface area contributed by atoms with Crippen molar-refractivity contribution in [3.05, 3.63) is 34.9 Å². The first-order chi connectivity index (χ1) is 8.78. The van der Waals surface area contributed by atoms with Crippen LogP contribution in [0.5, 0.6) is 0 Å². The van der Waals surface area contributed by atoms with Crippen molar-refractivity contribution in [3.8, 4) is 0 Å². The van der Waals surface area contributed by atoms with E-state index in [9.17, 15) is 13.2 Å². The van der Waals surface area contributed by atoms with Crippen LogP contribution in [0.2, 0.25) is 5.02 Å². The summed E-state index contributed by atoms with van der Waals surface area (Å²) in [7, 11) is 0. The Bertz CT molecular complexity index is 378. The Morgan fingerprint density at radius 3 is 2.26 bits per heavy atom. The summed E-state index contributed by atoms with van der Waals surface area (Å²) in [6.45, 7) is 4.37. The van der Waals surface area contributed by atoms with E-state index in [-0.39, 0.29) is 29.5 Å². The van der Waals surface area contributed by atoms with E-state index in [4.69, 9.17) is 11.6 Å². The largest absolute Gasteiger partial charge is 0.441 e. The Hall–Kier alpha value is -0.390. The highest BCUT2D eigenvalue weighted by Crippen LogP contribution is 2.31. The van der Waals surface area contributed by atoms with Gasteiger partial charge in [-0.1, -0.05) is 37.6 Å². The van der Waals surface area contributed by atoms with Gasteiger partial charge in [-0.15, -0.1) is 0 Å². The van der Waals surface area contributed by atoms with Crippen molar-refractivity contribution in [2.75, 3.05) is 5.75 Å². The van der Waals surface area contributed by atoms with E-state index >= 15 is 0 Å². The Morgan fingerprint density at radius 2 is 1.79 bits per heavy atom. The van der Waals surface area contributed by atoms with Crippen molar-refractivity contribution in [2.45, 2.75) is 31.9 Å². The van der Waals surface area contributed by atoms with Crippen molar-refractivity contribution in [1.29, 1.82) is 0 Å². The number of thioether (sulfide) groups is 1. The number of halogens is 4. The molecule has 1 nitrogen and oxygen atoms in total. The molecule has 1 aromatic rings. The minimum Gasteiger partial charge on any atom is -0.309 e. The van der Waals surface area contributed by atoms with Crippen molar-refractivity contribution in [1.82, 2.24) is 5.32 Å². The summed E-state index contributed by atoms with van der Waals surface area (Å²) in [5.41, 5.74) is -3.16. The SMILES string of the molecule is CC(C)C(CSC(F)(F)F)NCc1ccc(Cl)cc1. The molecule has 108 valence electrons. The summed E-state index contributed by atoms with van der Waals surface area (Å²) >= 11 is 5.80. The average Bonchev–Trinajstić information content (AvgIpc) is 2.29. The molecular formula is C13H17ClF3NS. The summed E-state index contributed by atoms with van der Waals surface area (Å²) in [6.07, 6.45) is 0. The predicted octanol–water partition coefficient (Wildman–Crippen LogP) is 4.71. The average molecular weight is 312 g/mol. The summed E-state index contributed by atoms with van der Waals surface area (Å²) in [5.74, 6) is 0.163. The minimum atomic E-state index is -4.17. The lowest BCUT2D eigenvalue weighted by Gasteiger charge is -2.22. The van der Waals surface area contributed by atoms with Crippen LogP contribution in [0.4, 0.5) is 13.2 Å². The highest BCUT2D eigenvalue weighted by Gasteiger charge is 2.30. The van der Waals surface area contributed by atoms with Gasteiger partial charge < -0.3 is 5.32 Å². The Labute approximate surface area is 120 Å². The number of rotatable bonds is 6. The highest BCUT2D eigenvalue weighted by atomic mass is 35.5. The molecule has 0 heterocycles. The lowest BCUT2D eigenvalue weighted by atomic mass is 10.1. The van der Waals surface area contributed by atoms with Gasteiger partial charge in [-0.3, -0.25) is 0 Å². The standard InChI is InChI=1S/C13H17ClF3NS/c1-9(2)12(8-19-13(15,16)17)18-7-10-3-5-11(14)6-4-10/h3-6,9,12,18H,7-8H2,1-2H3. The molecule has 0 spiro atoms. The smallest absolute Gasteiger partial charge is 0.309 e. The van der Waals surface area contributed by atoms with Crippen molar-refractivity contribution < 1.29 is 13.2 Å². The topological polar surface area (TPSA) is 12.0 Å². The van der Waals surface area contributed by atoms with Crippen LogP contribution in [-0.4, -0.2) is 17.3 Å². The Kier molecular flexibility index (Phi) is 6.50. The zero-order valence-corrected chi connectivity index (χ0v) is 12.4. The maximum Gasteiger partial charge on any atom is 0.441 e. The van der Waals surface area contributed by atoms with Crippen LogP contribution in [-0.2, 0) is 6.54 Å². The fourth-order valence-corrected chi connectivity index (χ4v) is 2.52. The highest BCUT2D eigenvalue weighted by molar-refractivity contribution is 8.00. The zero-order valence-electron chi connectivity index (χ0n) is 10.8. The van der Waals surface area contributed by atoms with Crippen LogP contribution < -0.4 is 5.32 Å². The predicted molar refractivity (Wildman–Crippen MR) is 75.4 cm³/mol. The molecule has 0 fully saturated rings. The Morgan fingerprint density at radius 1 is 1.21 bits per heavy atom. The van der Waals surface area contributed by atoms with E-state index in [1.54, 1.807) is 12.1 Å². The third kappa shape index (κ3) is 7.09. The van der Waals surface area contributed by atoms with Crippen LogP contribution >= 0.6 is 23.4 Å². The van der Waals surface area contributed by atoms with Gasteiger partial charge in [0.15, 0.2) is 0 Å². The molecule has 0 saturated heterocycles. The van der Waals surface area contributed by atoms with Crippen molar-refractivity contribution >= 4 is 23.4 Å². The van der Waals surface area contributed by atoms with Gasteiger partial charge in [0.2, 0.25) is 0 Å². The maximum atomic E-state index is 12.2. The number of hydrogen-bond donors (Lipinski definition) is 1. The summed E-state index contributed by atoms with van der Waals surface area (Å²) < 4.78 is 36.6. The molecule has 1 aromatic carbocycles. The quantitative estimate of drug-likeness (QED) is 0.816. The lowest BCUT2D eigenvalue weighted by molar-refractivity contribution is -0.0329. The normalized spacial score (nSPS) is 13.8. The van der Waals surface area contributed by atoms with Crippen molar-refractivity contribution in [2.24, 2.45) is 5.92 Å². The second kappa shape index (κ2) is 7.41. The molecule has 0 amide bonds. The van der Waals surface area contributed by atoms with Crippen LogP contribution in [0.1, 0.15) is 19.4 Å². The molecule has 0 aliphatic rings.